The molecular weight excluding hydrogens is 244 g/mol. The molecule has 0 saturated heterocycles. The van der Waals surface area contributed by atoms with E-state index in [1.54, 1.807) is 0 Å². The Balaban J connectivity index is 2.35. The maximum atomic E-state index is 2.54. The standard InChI is InChI=1S/C18H24N2/c1-12(2)19-14(5)20(13(3)4)17-11-7-9-15-8-6-10-16(19)18(15)17/h6-14H,1-5H3. The van der Waals surface area contributed by atoms with E-state index >= 15 is 0 Å². The molecule has 0 aromatic heterocycles. The van der Waals surface area contributed by atoms with Gasteiger partial charge in [-0.25, -0.2) is 0 Å². The Morgan fingerprint density at radius 2 is 1.25 bits per heavy atom. The van der Waals surface area contributed by atoms with Crippen molar-refractivity contribution in [3.63, 3.8) is 0 Å². The molecule has 2 heteroatoms. The lowest BCUT2D eigenvalue weighted by Crippen LogP contribution is -2.54. The van der Waals surface area contributed by atoms with Crippen LogP contribution in [0.3, 0.4) is 0 Å². The molecule has 3 rings (SSSR count). The van der Waals surface area contributed by atoms with Crippen LogP contribution in [0.5, 0.6) is 0 Å². The summed E-state index contributed by atoms with van der Waals surface area (Å²) in [5, 5.41) is 2.73. The fourth-order valence-corrected chi connectivity index (χ4v) is 3.69. The third-order valence-corrected chi connectivity index (χ3v) is 4.33. The van der Waals surface area contributed by atoms with Crippen LogP contribution in [0, 0.1) is 0 Å². The first-order valence-corrected chi connectivity index (χ1v) is 7.60. The Bertz CT molecular complexity index is 580. The third-order valence-electron chi connectivity index (χ3n) is 4.33. The highest BCUT2D eigenvalue weighted by atomic mass is 15.4. The molecule has 0 amide bonds. The van der Waals surface area contributed by atoms with Gasteiger partial charge in [0.2, 0.25) is 0 Å². The number of nitrogens with zero attached hydrogens (tertiary/aromatic N) is 2. The fraction of sp³-hybridized carbons (Fsp3) is 0.444. The molecule has 2 nitrogen and oxygen atoms in total. The Hall–Kier alpha value is -1.70. The van der Waals surface area contributed by atoms with Gasteiger partial charge >= 0.3 is 0 Å². The highest BCUT2D eigenvalue weighted by Gasteiger charge is 2.32. The zero-order chi connectivity index (χ0) is 14.4. The molecule has 0 fully saturated rings. The van der Waals surface area contributed by atoms with Crippen molar-refractivity contribution in [1.82, 2.24) is 0 Å². The largest absolute Gasteiger partial charge is 0.348 e. The lowest BCUT2D eigenvalue weighted by Gasteiger charge is -2.49. The molecule has 20 heavy (non-hydrogen) atoms. The summed E-state index contributed by atoms with van der Waals surface area (Å²) >= 11 is 0. The van der Waals surface area contributed by atoms with Crippen LogP contribution >= 0.6 is 0 Å². The van der Waals surface area contributed by atoms with Gasteiger partial charge in [-0.1, -0.05) is 24.3 Å². The van der Waals surface area contributed by atoms with Crippen molar-refractivity contribution in [2.75, 3.05) is 9.80 Å². The van der Waals surface area contributed by atoms with E-state index in [0.717, 1.165) is 0 Å². The zero-order valence-corrected chi connectivity index (χ0v) is 13.1. The molecule has 106 valence electrons. The number of hydrogen-bond acceptors (Lipinski definition) is 2. The van der Waals surface area contributed by atoms with Crippen LogP contribution in [0.4, 0.5) is 11.4 Å². The summed E-state index contributed by atoms with van der Waals surface area (Å²) in [5.41, 5.74) is 2.75. The van der Waals surface area contributed by atoms with Crippen molar-refractivity contribution in [3.05, 3.63) is 36.4 Å². The van der Waals surface area contributed by atoms with Gasteiger partial charge in [0, 0.05) is 28.8 Å². The van der Waals surface area contributed by atoms with Gasteiger partial charge in [0.15, 0.2) is 0 Å². The van der Waals surface area contributed by atoms with Crippen molar-refractivity contribution < 1.29 is 0 Å². The molecule has 0 unspecified atom stereocenters. The summed E-state index contributed by atoms with van der Waals surface area (Å²) < 4.78 is 0. The van der Waals surface area contributed by atoms with Crippen molar-refractivity contribution in [3.8, 4) is 0 Å². The van der Waals surface area contributed by atoms with Gasteiger partial charge < -0.3 is 9.80 Å². The Morgan fingerprint density at radius 3 is 1.65 bits per heavy atom. The van der Waals surface area contributed by atoms with Crippen LogP contribution in [0.25, 0.3) is 10.8 Å². The van der Waals surface area contributed by atoms with E-state index in [-0.39, 0.29) is 0 Å². The van der Waals surface area contributed by atoms with Crippen LogP contribution in [-0.2, 0) is 0 Å². The van der Waals surface area contributed by atoms with Crippen molar-refractivity contribution >= 4 is 22.1 Å². The highest BCUT2D eigenvalue weighted by Crippen LogP contribution is 2.43. The van der Waals surface area contributed by atoms with Gasteiger partial charge in [0.25, 0.3) is 0 Å². The number of rotatable bonds is 2. The monoisotopic (exact) mass is 268 g/mol. The van der Waals surface area contributed by atoms with Gasteiger partial charge in [-0.2, -0.15) is 0 Å². The molecule has 0 N–H and O–H groups in total. The first kappa shape index (κ1) is 13.3. The topological polar surface area (TPSA) is 6.48 Å². The van der Waals surface area contributed by atoms with E-state index in [0.29, 0.717) is 18.2 Å². The molecule has 1 aliphatic rings. The first-order chi connectivity index (χ1) is 9.52. The molecule has 1 aliphatic heterocycles. The molecule has 0 aliphatic carbocycles. The van der Waals surface area contributed by atoms with E-state index in [4.69, 9.17) is 0 Å². The van der Waals surface area contributed by atoms with Gasteiger partial charge in [0.1, 0.15) is 0 Å². The first-order valence-electron chi connectivity index (χ1n) is 7.60. The van der Waals surface area contributed by atoms with Crippen LogP contribution < -0.4 is 9.80 Å². The summed E-state index contributed by atoms with van der Waals surface area (Å²) in [5.74, 6) is 0. The number of anilines is 2. The molecule has 2 aromatic rings. The predicted octanol–water partition coefficient (Wildman–Crippen LogP) is 4.63. The maximum absolute atomic E-state index is 2.54. The van der Waals surface area contributed by atoms with E-state index in [1.165, 1.54) is 22.1 Å². The minimum absolute atomic E-state index is 0.385. The van der Waals surface area contributed by atoms with Gasteiger partial charge in [-0.15, -0.1) is 0 Å². The smallest absolute Gasteiger partial charge is 0.0992 e. The second kappa shape index (κ2) is 4.69. The molecule has 2 aromatic carbocycles. The average Bonchev–Trinajstić information content (AvgIpc) is 2.38. The molecule has 0 spiro atoms. The Kier molecular flexibility index (Phi) is 3.12. The predicted molar refractivity (Wildman–Crippen MR) is 88.6 cm³/mol. The molecule has 0 atom stereocenters. The maximum Gasteiger partial charge on any atom is 0.0992 e. The molecular formula is C18H24N2. The number of hydrogen-bond donors (Lipinski definition) is 0. The second-order valence-electron chi connectivity index (χ2n) is 6.29. The second-order valence-corrected chi connectivity index (χ2v) is 6.29. The summed E-state index contributed by atoms with van der Waals surface area (Å²) in [6.07, 6.45) is 0.385. The average molecular weight is 268 g/mol. The van der Waals surface area contributed by atoms with Gasteiger partial charge in [0.05, 0.1) is 6.17 Å². The highest BCUT2D eigenvalue weighted by molar-refractivity contribution is 6.05. The molecule has 0 radical (unpaired) electrons. The lowest BCUT2D eigenvalue weighted by molar-refractivity contribution is 0.506. The van der Waals surface area contributed by atoms with Crippen LogP contribution in [0.1, 0.15) is 34.6 Å². The Morgan fingerprint density at radius 1 is 0.800 bits per heavy atom. The van der Waals surface area contributed by atoms with Crippen molar-refractivity contribution in [2.24, 2.45) is 0 Å². The summed E-state index contributed by atoms with van der Waals surface area (Å²) in [6.45, 7) is 11.4. The quantitative estimate of drug-likeness (QED) is 0.783. The SMILES string of the molecule is CC(C)N1c2cccc3cccc(c23)N(C(C)C)C1C. The lowest BCUT2D eigenvalue weighted by atomic mass is 9.99. The van der Waals surface area contributed by atoms with E-state index in [1.807, 2.05) is 0 Å². The van der Waals surface area contributed by atoms with E-state index in [9.17, 15) is 0 Å². The number of benzene rings is 2. The molecule has 1 heterocycles. The van der Waals surface area contributed by atoms with E-state index < -0.39 is 0 Å². The molecule has 0 bridgehead atoms. The van der Waals surface area contributed by atoms with Gasteiger partial charge in [-0.3, -0.25) is 0 Å². The normalized spacial score (nSPS) is 15.8. The van der Waals surface area contributed by atoms with Crippen molar-refractivity contribution in [1.29, 1.82) is 0 Å². The Labute approximate surface area is 122 Å². The van der Waals surface area contributed by atoms with E-state index in [2.05, 4.69) is 80.8 Å². The van der Waals surface area contributed by atoms with Crippen LogP contribution in [0.2, 0.25) is 0 Å². The zero-order valence-electron chi connectivity index (χ0n) is 13.1. The van der Waals surface area contributed by atoms with Crippen LogP contribution in [0.15, 0.2) is 36.4 Å². The summed E-state index contributed by atoms with van der Waals surface area (Å²) in [7, 11) is 0. The minimum Gasteiger partial charge on any atom is -0.348 e. The third kappa shape index (κ3) is 1.78. The molecule has 0 saturated carbocycles. The summed E-state index contributed by atoms with van der Waals surface area (Å²) in [6, 6.07) is 14.3. The fourth-order valence-electron chi connectivity index (χ4n) is 3.69. The van der Waals surface area contributed by atoms with Crippen LogP contribution in [-0.4, -0.2) is 18.2 Å². The summed E-state index contributed by atoms with van der Waals surface area (Å²) in [4.78, 5) is 5.07. The van der Waals surface area contributed by atoms with Crippen molar-refractivity contribution in [2.45, 2.75) is 52.9 Å². The van der Waals surface area contributed by atoms with Gasteiger partial charge in [-0.05, 0) is 52.1 Å². The minimum atomic E-state index is 0.385.